The molecule has 1 saturated heterocycles. The second kappa shape index (κ2) is 9.14. The first-order valence-corrected chi connectivity index (χ1v) is 10.7. The standard InChI is InChI=1S/C24H24ClN3O4/c1-32-20-4-2-3-17(15-20)21-9-10-22(29)28(26-21)16-23(30)27-13-11-24(31,12-14-27)18-5-7-19(25)8-6-18/h2-10,15,31H,11-14,16H2,1H3. The molecule has 2 aromatic carbocycles. The van der Waals surface area contributed by atoms with E-state index in [0.29, 0.717) is 42.4 Å². The molecule has 4 rings (SSSR count). The second-order valence-electron chi connectivity index (χ2n) is 7.87. The topological polar surface area (TPSA) is 84.7 Å². The zero-order valence-corrected chi connectivity index (χ0v) is 18.5. The van der Waals surface area contributed by atoms with Gasteiger partial charge in [-0.15, -0.1) is 0 Å². The summed E-state index contributed by atoms with van der Waals surface area (Å²) in [6, 6.07) is 17.5. The van der Waals surface area contributed by atoms with Crippen LogP contribution in [0, 0.1) is 0 Å². The van der Waals surface area contributed by atoms with Gasteiger partial charge in [-0.05, 0) is 48.7 Å². The quantitative estimate of drug-likeness (QED) is 0.641. The van der Waals surface area contributed by atoms with Crippen molar-refractivity contribution in [3.63, 3.8) is 0 Å². The maximum atomic E-state index is 12.9. The number of rotatable bonds is 5. The van der Waals surface area contributed by atoms with Crippen LogP contribution in [0.2, 0.25) is 5.02 Å². The normalized spacial score (nSPS) is 15.4. The molecule has 1 fully saturated rings. The van der Waals surface area contributed by atoms with Crippen LogP contribution in [0.3, 0.4) is 0 Å². The molecule has 7 nitrogen and oxygen atoms in total. The molecule has 0 radical (unpaired) electrons. The molecule has 1 aromatic heterocycles. The highest BCUT2D eigenvalue weighted by Crippen LogP contribution is 2.33. The third-order valence-corrected chi connectivity index (χ3v) is 6.09. The summed E-state index contributed by atoms with van der Waals surface area (Å²) < 4.78 is 6.42. The zero-order valence-electron chi connectivity index (χ0n) is 17.7. The number of aliphatic hydroxyl groups is 1. The van der Waals surface area contributed by atoms with Gasteiger partial charge in [0.1, 0.15) is 12.3 Å². The van der Waals surface area contributed by atoms with Crippen molar-refractivity contribution in [2.75, 3.05) is 20.2 Å². The van der Waals surface area contributed by atoms with Gasteiger partial charge in [-0.25, -0.2) is 4.68 Å². The lowest BCUT2D eigenvalue weighted by Gasteiger charge is -2.38. The van der Waals surface area contributed by atoms with E-state index in [2.05, 4.69) is 5.10 Å². The molecule has 8 heteroatoms. The lowest BCUT2D eigenvalue weighted by atomic mass is 9.84. The number of likely N-dealkylation sites (tertiary alicyclic amines) is 1. The Labute approximate surface area is 190 Å². The van der Waals surface area contributed by atoms with Crippen LogP contribution in [0.4, 0.5) is 0 Å². The Kier molecular flexibility index (Phi) is 6.30. The lowest BCUT2D eigenvalue weighted by Crippen LogP contribution is -2.47. The molecular formula is C24H24ClN3O4. The predicted octanol–water partition coefficient (Wildman–Crippen LogP) is 3.08. The van der Waals surface area contributed by atoms with E-state index in [9.17, 15) is 14.7 Å². The Bertz CT molecular complexity index is 1170. The van der Waals surface area contributed by atoms with Crippen molar-refractivity contribution >= 4 is 17.5 Å². The number of carbonyl (C=O) groups excluding carboxylic acids is 1. The van der Waals surface area contributed by atoms with E-state index in [0.717, 1.165) is 11.1 Å². The van der Waals surface area contributed by atoms with Gasteiger partial charge in [-0.1, -0.05) is 35.9 Å². The number of hydrogen-bond acceptors (Lipinski definition) is 5. The molecule has 2 heterocycles. The maximum Gasteiger partial charge on any atom is 0.267 e. The molecule has 3 aromatic rings. The summed E-state index contributed by atoms with van der Waals surface area (Å²) in [5, 5.41) is 16.0. The number of carbonyl (C=O) groups is 1. The Morgan fingerprint density at radius 1 is 1.12 bits per heavy atom. The molecule has 1 amide bonds. The van der Waals surface area contributed by atoms with Gasteiger partial charge in [0, 0.05) is 29.7 Å². The van der Waals surface area contributed by atoms with Crippen molar-refractivity contribution in [1.29, 1.82) is 0 Å². The highest BCUT2D eigenvalue weighted by molar-refractivity contribution is 6.30. The average molecular weight is 454 g/mol. The van der Waals surface area contributed by atoms with Crippen molar-refractivity contribution in [1.82, 2.24) is 14.7 Å². The summed E-state index contributed by atoms with van der Waals surface area (Å²) in [5.74, 6) is 0.472. The number of methoxy groups -OCH3 is 1. The van der Waals surface area contributed by atoms with E-state index in [-0.39, 0.29) is 18.0 Å². The predicted molar refractivity (Wildman–Crippen MR) is 122 cm³/mol. The van der Waals surface area contributed by atoms with Crippen molar-refractivity contribution in [3.8, 4) is 17.0 Å². The monoisotopic (exact) mass is 453 g/mol. The van der Waals surface area contributed by atoms with Crippen LogP contribution in [-0.2, 0) is 16.9 Å². The fourth-order valence-corrected chi connectivity index (χ4v) is 4.03. The van der Waals surface area contributed by atoms with Crippen LogP contribution in [0.1, 0.15) is 18.4 Å². The second-order valence-corrected chi connectivity index (χ2v) is 8.30. The molecule has 0 atom stereocenters. The van der Waals surface area contributed by atoms with Crippen molar-refractivity contribution < 1.29 is 14.6 Å². The number of halogens is 1. The van der Waals surface area contributed by atoms with Crippen LogP contribution in [0.5, 0.6) is 5.75 Å². The molecule has 0 spiro atoms. The Morgan fingerprint density at radius 3 is 2.53 bits per heavy atom. The fraction of sp³-hybridized carbons (Fsp3) is 0.292. The summed E-state index contributed by atoms with van der Waals surface area (Å²) in [6.07, 6.45) is 0.819. The van der Waals surface area contributed by atoms with E-state index in [1.807, 2.05) is 36.4 Å². The van der Waals surface area contributed by atoms with Crippen LogP contribution >= 0.6 is 11.6 Å². The maximum absolute atomic E-state index is 12.9. The van der Waals surface area contributed by atoms with E-state index >= 15 is 0 Å². The highest BCUT2D eigenvalue weighted by Gasteiger charge is 2.35. The van der Waals surface area contributed by atoms with Gasteiger partial charge in [-0.3, -0.25) is 9.59 Å². The molecule has 0 saturated carbocycles. The Hall–Kier alpha value is -3.16. The number of piperidine rings is 1. The van der Waals surface area contributed by atoms with Crippen LogP contribution in [0.15, 0.2) is 65.5 Å². The van der Waals surface area contributed by atoms with Gasteiger partial charge < -0.3 is 14.7 Å². The number of nitrogens with zero attached hydrogens (tertiary/aromatic N) is 3. The minimum Gasteiger partial charge on any atom is -0.497 e. The first-order chi connectivity index (χ1) is 15.4. The van der Waals surface area contributed by atoms with Crippen LogP contribution in [-0.4, -0.2) is 45.9 Å². The van der Waals surface area contributed by atoms with Crippen molar-refractivity contribution in [2.24, 2.45) is 0 Å². The number of benzene rings is 2. The minimum absolute atomic E-state index is 0.157. The summed E-state index contributed by atoms with van der Waals surface area (Å²) in [5.41, 5.74) is 0.809. The number of amides is 1. The molecular weight excluding hydrogens is 430 g/mol. The molecule has 0 unspecified atom stereocenters. The van der Waals surface area contributed by atoms with Crippen LogP contribution < -0.4 is 10.3 Å². The summed E-state index contributed by atoms with van der Waals surface area (Å²) in [7, 11) is 1.58. The lowest BCUT2D eigenvalue weighted by molar-refractivity contribution is -0.136. The van der Waals surface area contributed by atoms with Crippen LogP contribution in [0.25, 0.3) is 11.3 Å². The van der Waals surface area contributed by atoms with Gasteiger partial charge in [0.05, 0.1) is 18.4 Å². The molecule has 0 bridgehead atoms. The van der Waals surface area contributed by atoms with E-state index in [1.165, 1.54) is 10.7 Å². The summed E-state index contributed by atoms with van der Waals surface area (Å²) in [4.78, 5) is 26.8. The third-order valence-electron chi connectivity index (χ3n) is 5.84. The van der Waals surface area contributed by atoms with Gasteiger partial charge in [0.2, 0.25) is 5.91 Å². The molecule has 166 valence electrons. The van der Waals surface area contributed by atoms with Gasteiger partial charge in [0.15, 0.2) is 0 Å². The SMILES string of the molecule is COc1cccc(-c2ccc(=O)n(CC(=O)N3CCC(O)(c4ccc(Cl)cc4)CC3)n2)c1. The van der Waals surface area contributed by atoms with Crippen molar-refractivity contribution in [2.45, 2.75) is 25.0 Å². The average Bonchev–Trinajstić information content (AvgIpc) is 2.81. The highest BCUT2D eigenvalue weighted by atomic mass is 35.5. The largest absolute Gasteiger partial charge is 0.497 e. The van der Waals surface area contributed by atoms with Gasteiger partial charge in [0.25, 0.3) is 5.56 Å². The number of aromatic nitrogens is 2. The zero-order chi connectivity index (χ0) is 22.7. The molecule has 1 N–H and O–H groups in total. The minimum atomic E-state index is -0.997. The Morgan fingerprint density at radius 2 is 1.84 bits per heavy atom. The van der Waals surface area contributed by atoms with E-state index in [4.69, 9.17) is 16.3 Å². The number of ether oxygens (including phenoxy) is 1. The third kappa shape index (κ3) is 4.69. The first-order valence-electron chi connectivity index (χ1n) is 10.4. The van der Waals surface area contributed by atoms with Gasteiger partial charge >= 0.3 is 0 Å². The van der Waals surface area contributed by atoms with E-state index in [1.54, 1.807) is 30.2 Å². The summed E-state index contributed by atoms with van der Waals surface area (Å²) >= 11 is 5.94. The van der Waals surface area contributed by atoms with E-state index < -0.39 is 5.60 Å². The molecule has 0 aliphatic carbocycles. The molecule has 1 aliphatic rings. The summed E-state index contributed by atoms with van der Waals surface area (Å²) in [6.45, 7) is 0.626. The first kappa shape index (κ1) is 22.0. The molecule has 1 aliphatic heterocycles. The fourth-order valence-electron chi connectivity index (χ4n) is 3.90. The van der Waals surface area contributed by atoms with Crippen molar-refractivity contribution in [3.05, 3.63) is 81.6 Å². The smallest absolute Gasteiger partial charge is 0.267 e. The Balaban J connectivity index is 1.45. The van der Waals surface area contributed by atoms with Gasteiger partial charge in [-0.2, -0.15) is 5.10 Å². The molecule has 32 heavy (non-hydrogen) atoms. The number of hydrogen-bond donors (Lipinski definition) is 1.